The lowest BCUT2D eigenvalue weighted by molar-refractivity contribution is -0.137. The molecule has 4 nitrogen and oxygen atoms in total. The summed E-state index contributed by atoms with van der Waals surface area (Å²) in [6.07, 6.45) is -1.18. The van der Waals surface area contributed by atoms with Crippen molar-refractivity contribution in [2.75, 3.05) is 0 Å². The Labute approximate surface area is 63.9 Å². The van der Waals surface area contributed by atoms with Crippen molar-refractivity contribution in [2.24, 2.45) is 0 Å². The summed E-state index contributed by atoms with van der Waals surface area (Å²) < 4.78 is 0. The van der Waals surface area contributed by atoms with Crippen LogP contribution in [0.15, 0.2) is 0 Å². The Morgan fingerprint density at radius 2 is 2.00 bits per heavy atom. The number of rotatable bonds is 4. The number of aliphatic carboxylic acids is 1. The van der Waals surface area contributed by atoms with Gasteiger partial charge in [-0.2, -0.15) is 0 Å². The van der Waals surface area contributed by atoms with Gasteiger partial charge in [0.2, 0.25) is 0 Å². The Morgan fingerprint density at radius 1 is 1.50 bits per heavy atom. The zero-order valence-corrected chi connectivity index (χ0v) is 6.16. The van der Waals surface area contributed by atoms with Gasteiger partial charge in [0.05, 0.1) is 6.10 Å². The van der Waals surface area contributed by atoms with Crippen molar-refractivity contribution in [3.8, 4) is 0 Å². The first-order valence-corrected chi connectivity index (χ1v) is 3.31. The van der Waals surface area contributed by atoms with Gasteiger partial charge in [-0.3, -0.25) is 4.79 Å². The number of carboxylic acid groups (broad SMARTS) is 1. The quantitative estimate of drug-likeness (QED) is 0.334. The molecular weight excluding hydrogens is 156 g/mol. The monoisotopic (exact) mass is 166 g/mol. The van der Waals surface area contributed by atoms with Gasteiger partial charge in [0.1, 0.15) is 5.44 Å². The number of carboxylic acids is 1. The Balaban J connectivity index is 3.39. The summed E-state index contributed by atoms with van der Waals surface area (Å²) in [5.74, 6) is -0.993. The van der Waals surface area contributed by atoms with Crippen molar-refractivity contribution >= 4 is 18.6 Å². The van der Waals surface area contributed by atoms with E-state index in [1.54, 1.807) is 0 Å². The van der Waals surface area contributed by atoms with Crippen LogP contribution in [0.25, 0.3) is 0 Å². The number of hydrogen-bond donors (Lipinski definition) is 4. The minimum Gasteiger partial charge on any atom is -0.481 e. The molecule has 0 aliphatic heterocycles. The fourth-order valence-electron chi connectivity index (χ4n) is 0.420. The average molecular weight is 166 g/mol. The van der Waals surface area contributed by atoms with E-state index in [0.29, 0.717) is 0 Å². The van der Waals surface area contributed by atoms with Crippen molar-refractivity contribution in [1.82, 2.24) is 0 Å². The van der Waals surface area contributed by atoms with Crippen LogP contribution in [-0.2, 0) is 4.79 Å². The predicted octanol–water partition coefficient (Wildman–Crippen LogP) is -0.540. The molecule has 0 aromatic rings. The van der Waals surface area contributed by atoms with Crippen molar-refractivity contribution < 1.29 is 20.1 Å². The molecule has 0 amide bonds. The molecule has 3 N–H and O–H groups in total. The lowest BCUT2D eigenvalue weighted by atomic mass is 10.2. The summed E-state index contributed by atoms with van der Waals surface area (Å²) in [5.41, 5.74) is -1.15. The second-order valence-electron chi connectivity index (χ2n) is 1.91. The van der Waals surface area contributed by atoms with E-state index in [0.717, 1.165) is 0 Å². The van der Waals surface area contributed by atoms with Crippen LogP contribution >= 0.6 is 12.6 Å². The number of thiol groups is 1. The van der Waals surface area contributed by atoms with Crippen LogP contribution in [-0.4, -0.2) is 32.8 Å². The summed E-state index contributed by atoms with van der Waals surface area (Å²) >= 11 is 3.51. The molecule has 2 atom stereocenters. The van der Waals surface area contributed by atoms with Crippen LogP contribution in [0.2, 0.25) is 0 Å². The molecule has 60 valence electrons. The fourth-order valence-corrected chi connectivity index (χ4v) is 0.570. The van der Waals surface area contributed by atoms with Crippen molar-refractivity contribution in [2.45, 2.75) is 24.4 Å². The third-order valence-electron chi connectivity index (χ3n) is 0.998. The lowest BCUT2D eigenvalue weighted by Crippen LogP contribution is -2.21. The molecule has 0 aliphatic carbocycles. The third kappa shape index (κ3) is 4.60. The summed E-state index contributed by atoms with van der Waals surface area (Å²) in [5, 5.41) is 25.5. The Bertz CT molecular complexity index is 114. The Kier molecular flexibility index (Phi) is 4.42. The first-order chi connectivity index (χ1) is 4.54. The molecule has 0 rings (SSSR count). The third-order valence-corrected chi connectivity index (χ3v) is 1.34. The number of aliphatic hydroxyl groups excluding tert-OH is 2. The topological polar surface area (TPSA) is 77.8 Å². The largest absolute Gasteiger partial charge is 0.481 e. The van der Waals surface area contributed by atoms with Gasteiger partial charge < -0.3 is 15.3 Å². The highest BCUT2D eigenvalue weighted by atomic mass is 32.1. The van der Waals surface area contributed by atoms with E-state index < -0.39 is 17.5 Å². The number of aliphatic hydroxyl groups is 2. The summed E-state index contributed by atoms with van der Waals surface area (Å²) in [6.45, 7) is 0. The van der Waals surface area contributed by atoms with Gasteiger partial charge in [-0.05, 0) is 6.42 Å². The second kappa shape index (κ2) is 4.54. The Hall–Kier alpha value is -0.260. The average Bonchev–Trinajstić information content (AvgIpc) is 1.82. The molecule has 5 heteroatoms. The molecule has 0 fully saturated rings. The summed E-state index contributed by atoms with van der Waals surface area (Å²) in [7, 11) is 0. The lowest BCUT2D eigenvalue weighted by Gasteiger charge is -2.10. The number of hydrogen-bond acceptors (Lipinski definition) is 4. The van der Waals surface area contributed by atoms with Crippen LogP contribution in [0.5, 0.6) is 0 Å². The maximum Gasteiger partial charge on any atom is 0.303 e. The minimum absolute atomic E-state index is 0.0278. The van der Waals surface area contributed by atoms with Gasteiger partial charge in [-0.15, -0.1) is 12.6 Å². The zero-order chi connectivity index (χ0) is 8.15. The normalized spacial score (nSPS) is 16.3. The molecular formula is C5H10O4S. The van der Waals surface area contributed by atoms with E-state index >= 15 is 0 Å². The van der Waals surface area contributed by atoms with Gasteiger partial charge in [0.15, 0.2) is 0 Å². The van der Waals surface area contributed by atoms with Crippen molar-refractivity contribution in [3.63, 3.8) is 0 Å². The molecule has 0 bridgehead atoms. The van der Waals surface area contributed by atoms with E-state index in [1.807, 2.05) is 0 Å². The first-order valence-electron chi connectivity index (χ1n) is 2.80. The summed E-state index contributed by atoms with van der Waals surface area (Å²) in [4.78, 5) is 9.91. The second-order valence-corrected chi connectivity index (χ2v) is 2.44. The molecule has 0 aromatic heterocycles. The fraction of sp³-hybridized carbons (Fsp3) is 0.800. The molecule has 0 saturated heterocycles. The van der Waals surface area contributed by atoms with Crippen LogP contribution in [0.3, 0.4) is 0 Å². The standard InChI is InChI=1S/C5H10O4S/c6-3(5(9)10)1-2-4(7)8/h3,5-6,9-10H,1-2H2,(H,7,8). The maximum absolute atomic E-state index is 9.91. The molecule has 2 unspecified atom stereocenters. The van der Waals surface area contributed by atoms with Crippen molar-refractivity contribution in [3.05, 3.63) is 0 Å². The van der Waals surface area contributed by atoms with Gasteiger partial charge in [0, 0.05) is 6.42 Å². The van der Waals surface area contributed by atoms with Crippen LogP contribution in [0.4, 0.5) is 0 Å². The van der Waals surface area contributed by atoms with E-state index in [1.165, 1.54) is 0 Å². The maximum atomic E-state index is 9.91. The SMILES string of the molecule is O=C(O)CCC(O)C(O)S. The van der Waals surface area contributed by atoms with E-state index in [4.69, 9.17) is 15.3 Å². The minimum atomic E-state index is -1.15. The molecule has 10 heavy (non-hydrogen) atoms. The zero-order valence-electron chi connectivity index (χ0n) is 5.27. The number of carbonyl (C=O) groups is 1. The highest BCUT2D eigenvalue weighted by molar-refractivity contribution is 7.80. The van der Waals surface area contributed by atoms with E-state index in [-0.39, 0.29) is 12.8 Å². The highest BCUT2D eigenvalue weighted by Gasteiger charge is 2.12. The first kappa shape index (κ1) is 9.74. The summed E-state index contributed by atoms with van der Waals surface area (Å²) in [6, 6.07) is 0. The van der Waals surface area contributed by atoms with Gasteiger partial charge in [-0.1, -0.05) is 0 Å². The van der Waals surface area contributed by atoms with Crippen LogP contribution in [0.1, 0.15) is 12.8 Å². The Morgan fingerprint density at radius 3 is 2.30 bits per heavy atom. The molecule has 0 aromatic carbocycles. The molecule has 0 radical (unpaired) electrons. The smallest absolute Gasteiger partial charge is 0.303 e. The highest BCUT2D eigenvalue weighted by Crippen LogP contribution is 2.04. The molecule has 0 heterocycles. The molecule has 0 saturated carbocycles. The van der Waals surface area contributed by atoms with Crippen LogP contribution < -0.4 is 0 Å². The van der Waals surface area contributed by atoms with Gasteiger partial charge in [-0.25, -0.2) is 0 Å². The van der Waals surface area contributed by atoms with Gasteiger partial charge >= 0.3 is 5.97 Å². The molecule has 0 spiro atoms. The van der Waals surface area contributed by atoms with E-state index in [9.17, 15) is 4.79 Å². The van der Waals surface area contributed by atoms with Crippen molar-refractivity contribution in [1.29, 1.82) is 0 Å². The predicted molar refractivity (Wildman–Crippen MR) is 37.9 cm³/mol. The van der Waals surface area contributed by atoms with Gasteiger partial charge in [0.25, 0.3) is 0 Å². The molecule has 0 aliphatic rings. The van der Waals surface area contributed by atoms with Crippen LogP contribution in [0, 0.1) is 0 Å². The van der Waals surface area contributed by atoms with E-state index in [2.05, 4.69) is 12.6 Å².